The molecular weight excluding hydrogens is 384 g/mol. The molecule has 1 aromatic heterocycles. The Labute approximate surface area is 176 Å². The summed E-state index contributed by atoms with van der Waals surface area (Å²) in [6, 6.07) is 5.38. The lowest BCUT2D eigenvalue weighted by Gasteiger charge is -2.36. The minimum atomic E-state index is -0.474. The summed E-state index contributed by atoms with van der Waals surface area (Å²) in [5, 5.41) is 18.0. The second-order valence-corrected chi connectivity index (χ2v) is 9.77. The van der Waals surface area contributed by atoms with Gasteiger partial charge < -0.3 is 20.5 Å². The Morgan fingerprint density at radius 2 is 2.07 bits per heavy atom. The summed E-state index contributed by atoms with van der Waals surface area (Å²) in [5.74, 6) is 1.09. The van der Waals surface area contributed by atoms with E-state index in [1.54, 1.807) is 17.4 Å². The molecule has 4 rings (SSSR count). The molecule has 1 aliphatic carbocycles. The first kappa shape index (κ1) is 20.1. The minimum absolute atomic E-state index is 0.0596. The first-order chi connectivity index (χ1) is 13.9. The van der Waals surface area contributed by atoms with E-state index in [-0.39, 0.29) is 11.7 Å². The van der Waals surface area contributed by atoms with Crippen molar-refractivity contribution < 1.29 is 14.6 Å². The number of carbonyl (C=O) groups is 1. The second kappa shape index (κ2) is 7.56. The number of carbonyl (C=O) groups excluding carboxylic acids is 1. The largest absolute Gasteiger partial charge is 0.504 e. The molecule has 29 heavy (non-hydrogen) atoms. The molecule has 2 atom stereocenters. The molecule has 0 bridgehead atoms. The predicted octanol–water partition coefficient (Wildman–Crippen LogP) is 5.25. The third-order valence-electron chi connectivity index (χ3n) is 6.70. The average Bonchev–Trinajstić information content (AvgIpc) is 3.07. The van der Waals surface area contributed by atoms with Crippen LogP contribution in [-0.4, -0.2) is 17.6 Å². The molecule has 0 radical (unpaired) electrons. The summed E-state index contributed by atoms with van der Waals surface area (Å²) in [5.41, 5.74) is 2.94. The molecule has 0 fully saturated rings. The van der Waals surface area contributed by atoms with Gasteiger partial charge in [-0.3, -0.25) is 4.79 Å². The maximum absolute atomic E-state index is 13.0. The molecule has 2 aliphatic rings. The van der Waals surface area contributed by atoms with E-state index < -0.39 is 6.17 Å². The van der Waals surface area contributed by atoms with Crippen molar-refractivity contribution in [2.75, 3.05) is 11.9 Å². The summed E-state index contributed by atoms with van der Waals surface area (Å²) in [7, 11) is 0. The Balaban J connectivity index is 1.64. The van der Waals surface area contributed by atoms with Crippen LogP contribution in [0.25, 0.3) is 0 Å². The van der Waals surface area contributed by atoms with E-state index >= 15 is 0 Å². The minimum Gasteiger partial charge on any atom is -0.504 e. The number of rotatable bonds is 5. The van der Waals surface area contributed by atoms with Gasteiger partial charge in [0.1, 0.15) is 11.2 Å². The second-order valence-electron chi connectivity index (χ2n) is 8.67. The van der Waals surface area contributed by atoms with Gasteiger partial charge in [0.15, 0.2) is 11.5 Å². The number of hydrogen-bond donors (Lipinski definition) is 3. The van der Waals surface area contributed by atoms with Crippen molar-refractivity contribution in [2.45, 2.75) is 59.5 Å². The first-order valence-electron chi connectivity index (χ1n) is 10.5. The summed E-state index contributed by atoms with van der Waals surface area (Å²) >= 11 is 1.71. The van der Waals surface area contributed by atoms with E-state index in [9.17, 15) is 9.90 Å². The zero-order chi connectivity index (χ0) is 20.8. The van der Waals surface area contributed by atoms with Gasteiger partial charge in [0.2, 0.25) is 0 Å². The summed E-state index contributed by atoms with van der Waals surface area (Å²) in [4.78, 5) is 14.3. The van der Waals surface area contributed by atoms with E-state index in [0.29, 0.717) is 29.3 Å². The average molecular weight is 415 g/mol. The Morgan fingerprint density at radius 1 is 1.28 bits per heavy atom. The topological polar surface area (TPSA) is 70.6 Å². The Morgan fingerprint density at radius 3 is 2.79 bits per heavy atom. The van der Waals surface area contributed by atoms with Crippen LogP contribution in [0.15, 0.2) is 18.2 Å². The summed E-state index contributed by atoms with van der Waals surface area (Å²) in [6.45, 7) is 9.31. The molecule has 156 valence electrons. The van der Waals surface area contributed by atoms with E-state index in [1.165, 1.54) is 10.4 Å². The molecule has 6 heteroatoms. The maximum Gasteiger partial charge on any atom is 0.256 e. The lowest BCUT2D eigenvalue weighted by Crippen LogP contribution is -2.38. The Hall–Kier alpha value is -2.21. The van der Waals surface area contributed by atoms with Crippen molar-refractivity contribution in [1.82, 2.24) is 5.32 Å². The van der Waals surface area contributed by atoms with E-state index in [0.717, 1.165) is 36.2 Å². The Bertz CT molecular complexity index is 934. The van der Waals surface area contributed by atoms with Crippen molar-refractivity contribution in [3.63, 3.8) is 0 Å². The monoisotopic (exact) mass is 414 g/mol. The highest BCUT2D eigenvalue weighted by Crippen LogP contribution is 2.47. The van der Waals surface area contributed by atoms with Gasteiger partial charge >= 0.3 is 0 Å². The lowest BCUT2D eigenvalue weighted by molar-refractivity contribution is 0.0934. The third kappa shape index (κ3) is 3.48. The number of fused-ring (bicyclic) bond motifs is 3. The number of anilines is 1. The number of ether oxygens (including phenoxy) is 1. The number of para-hydroxylation sites is 1. The van der Waals surface area contributed by atoms with Gasteiger partial charge in [0, 0.05) is 10.4 Å². The lowest BCUT2D eigenvalue weighted by atomic mass is 9.69. The molecule has 2 unspecified atom stereocenters. The SMILES string of the molecule is CCOc1cccc(C2NC(=O)c3c(sc4c3CCC(C(C)(C)CC)C4)N2)c1O. The molecule has 3 N–H and O–H groups in total. The van der Waals surface area contributed by atoms with E-state index in [2.05, 4.69) is 31.4 Å². The molecule has 2 aromatic rings. The van der Waals surface area contributed by atoms with Crippen LogP contribution >= 0.6 is 11.3 Å². The molecular formula is C23H30N2O3S. The number of phenolic OH excluding ortho intramolecular Hbond substituents is 1. The normalized spacial score (nSPS) is 21.0. The highest BCUT2D eigenvalue weighted by Gasteiger charge is 2.37. The van der Waals surface area contributed by atoms with Gasteiger partial charge in [-0.05, 0) is 49.1 Å². The van der Waals surface area contributed by atoms with Crippen molar-refractivity contribution >= 4 is 22.2 Å². The quantitative estimate of drug-likeness (QED) is 0.625. The van der Waals surface area contributed by atoms with Crippen LogP contribution in [0.2, 0.25) is 0 Å². The molecule has 1 amide bonds. The van der Waals surface area contributed by atoms with Crippen LogP contribution in [0.3, 0.4) is 0 Å². The fraction of sp³-hybridized carbons (Fsp3) is 0.522. The summed E-state index contributed by atoms with van der Waals surface area (Å²) in [6.07, 6.45) is 3.82. The van der Waals surface area contributed by atoms with Gasteiger partial charge in [-0.15, -0.1) is 11.3 Å². The molecule has 0 spiro atoms. The number of phenols is 1. The van der Waals surface area contributed by atoms with Crippen molar-refractivity contribution in [2.24, 2.45) is 11.3 Å². The maximum atomic E-state index is 13.0. The van der Waals surface area contributed by atoms with Crippen LogP contribution in [0.4, 0.5) is 5.00 Å². The molecule has 0 saturated heterocycles. The van der Waals surface area contributed by atoms with Crippen molar-refractivity contribution in [3.05, 3.63) is 39.8 Å². The zero-order valence-corrected chi connectivity index (χ0v) is 18.4. The number of thiophene rings is 1. The Kier molecular flexibility index (Phi) is 5.23. The first-order valence-corrected chi connectivity index (χ1v) is 11.3. The third-order valence-corrected chi connectivity index (χ3v) is 7.89. The van der Waals surface area contributed by atoms with Gasteiger partial charge in [0.25, 0.3) is 5.91 Å². The number of nitrogens with one attached hydrogen (secondary N) is 2. The predicted molar refractivity (Wildman–Crippen MR) is 117 cm³/mol. The van der Waals surface area contributed by atoms with E-state index in [1.807, 2.05) is 19.1 Å². The molecule has 0 saturated carbocycles. The number of amides is 1. The van der Waals surface area contributed by atoms with Crippen LogP contribution in [0.1, 0.15) is 73.1 Å². The fourth-order valence-corrected chi connectivity index (χ4v) is 5.81. The molecule has 5 nitrogen and oxygen atoms in total. The van der Waals surface area contributed by atoms with Gasteiger partial charge in [-0.2, -0.15) is 0 Å². The standard InChI is InChI=1S/C23H30N2O3S/c1-5-23(3,4)13-10-11-14-17(12-13)29-22-18(14)21(27)24-20(25-22)15-8-7-9-16(19(15)26)28-6-2/h7-9,13,20,25-26H,5-6,10-12H2,1-4H3,(H,24,27). The van der Waals surface area contributed by atoms with Crippen molar-refractivity contribution in [1.29, 1.82) is 0 Å². The number of benzene rings is 1. The molecule has 1 aromatic carbocycles. The summed E-state index contributed by atoms with van der Waals surface area (Å²) < 4.78 is 5.50. The highest BCUT2D eigenvalue weighted by atomic mass is 32.1. The zero-order valence-electron chi connectivity index (χ0n) is 17.6. The van der Waals surface area contributed by atoms with Crippen molar-refractivity contribution in [3.8, 4) is 11.5 Å². The number of aromatic hydroxyl groups is 1. The van der Waals surface area contributed by atoms with Gasteiger partial charge in [-0.25, -0.2) is 0 Å². The van der Waals surface area contributed by atoms with Crippen LogP contribution in [0.5, 0.6) is 11.5 Å². The van der Waals surface area contributed by atoms with Crippen LogP contribution < -0.4 is 15.4 Å². The van der Waals surface area contributed by atoms with Gasteiger partial charge in [-0.1, -0.05) is 39.3 Å². The molecule has 1 aliphatic heterocycles. The van der Waals surface area contributed by atoms with Crippen LogP contribution in [-0.2, 0) is 12.8 Å². The molecule has 2 heterocycles. The fourth-order valence-electron chi connectivity index (χ4n) is 4.45. The van der Waals surface area contributed by atoms with Gasteiger partial charge in [0.05, 0.1) is 12.2 Å². The van der Waals surface area contributed by atoms with E-state index in [4.69, 9.17) is 4.74 Å². The highest BCUT2D eigenvalue weighted by molar-refractivity contribution is 7.16. The van der Waals surface area contributed by atoms with Crippen LogP contribution in [0, 0.1) is 11.3 Å². The number of hydrogen-bond acceptors (Lipinski definition) is 5. The smallest absolute Gasteiger partial charge is 0.256 e.